The van der Waals surface area contributed by atoms with Gasteiger partial charge in [0, 0.05) is 5.69 Å². The summed E-state index contributed by atoms with van der Waals surface area (Å²) < 4.78 is 1.61. The fraction of sp³-hybridized carbons (Fsp3) is 0.273. The molecule has 2 heterocycles. The minimum Gasteiger partial charge on any atom is -0.384 e. The number of hydrogen-bond donors (Lipinski definition) is 2. The lowest BCUT2D eigenvalue weighted by Crippen LogP contribution is -2.17. The maximum atomic E-state index is 7.55. The van der Waals surface area contributed by atoms with Crippen molar-refractivity contribution in [2.75, 3.05) is 0 Å². The van der Waals surface area contributed by atoms with Gasteiger partial charge in [0.2, 0.25) is 0 Å². The van der Waals surface area contributed by atoms with Crippen LogP contribution in [0.2, 0.25) is 0 Å². The Hall–Kier alpha value is -2.24. The fourth-order valence-corrected chi connectivity index (χ4v) is 1.64. The second-order valence-corrected chi connectivity index (χ2v) is 3.86. The van der Waals surface area contributed by atoms with Crippen LogP contribution in [0.1, 0.15) is 22.9 Å². The summed E-state index contributed by atoms with van der Waals surface area (Å²) in [5.74, 6) is 1.92. The van der Waals surface area contributed by atoms with Gasteiger partial charge < -0.3 is 5.73 Å². The highest BCUT2D eigenvalue weighted by Crippen LogP contribution is 2.13. The van der Waals surface area contributed by atoms with Gasteiger partial charge in [0.1, 0.15) is 17.5 Å². The highest BCUT2D eigenvalue weighted by atomic mass is 15.4. The van der Waals surface area contributed by atoms with Gasteiger partial charge in [-0.05, 0) is 32.9 Å². The Bertz CT molecular complexity index is 584. The lowest BCUT2D eigenvalue weighted by Gasteiger charge is -2.08. The van der Waals surface area contributed by atoms with Gasteiger partial charge in [-0.15, -0.1) is 5.10 Å². The molecule has 0 fully saturated rings. The molecule has 3 N–H and O–H groups in total. The smallest absolute Gasteiger partial charge is 0.166 e. The Balaban J connectivity index is 2.69. The summed E-state index contributed by atoms with van der Waals surface area (Å²) in [7, 11) is 0. The normalized spacial score (nSPS) is 10.5. The highest BCUT2D eigenvalue weighted by molar-refractivity contribution is 5.97. The molecular formula is C11H14N6. The summed E-state index contributed by atoms with van der Waals surface area (Å²) in [6, 6.07) is 3.59. The van der Waals surface area contributed by atoms with E-state index in [1.807, 2.05) is 26.8 Å². The summed E-state index contributed by atoms with van der Waals surface area (Å²) >= 11 is 0. The summed E-state index contributed by atoms with van der Waals surface area (Å²) in [5.41, 5.74) is 6.94. The Morgan fingerprint density at radius 1 is 1.24 bits per heavy atom. The molecular weight excluding hydrogens is 216 g/mol. The van der Waals surface area contributed by atoms with E-state index in [9.17, 15) is 0 Å². The summed E-state index contributed by atoms with van der Waals surface area (Å²) in [4.78, 5) is 8.60. The van der Waals surface area contributed by atoms with E-state index in [1.54, 1.807) is 10.7 Å². The van der Waals surface area contributed by atoms with E-state index < -0.39 is 0 Å². The molecule has 17 heavy (non-hydrogen) atoms. The minimum absolute atomic E-state index is 0.0277. The van der Waals surface area contributed by atoms with Crippen LogP contribution in [0.4, 0.5) is 0 Å². The molecule has 0 saturated heterocycles. The number of aryl methyl sites for hydroxylation is 3. The zero-order valence-electron chi connectivity index (χ0n) is 10.0. The molecule has 6 nitrogen and oxygen atoms in total. The SMILES string of the molecule is Cc1ccc(C(=N)N)c(-n2nc(C)nc2C)n1. The van der Waals surface area contributed by atoms with Crippen LogP contribution in [0, 0.1) is 26.2 Å². The Morgan fingerprint density at radius 3 is 2.47 bits per heavy atom. The van der Waals surface area contributed by atoms with E-state index in [0.717, 1.165) is 11.5 Å². The molecule has 0 bridgehead atoms. The molecule has 0 spiro atoms. The van der Waals surface area contributed by atoms with Crippen molar-refractivity contribution in [2.24, 2.45) is 5.73 Å². The molecule has 0 unspecified atom stereocenters. The Kier molecular flexibility index (Phi) is 2.63. The van der Waals surface area contributed by atoms with Crippen molar-refractivity contribution < 1.29 is 0 Å². The van der Waals surface area contributed by atoms with Crippen LogP contribution in [0.25, 0.3) is 5.82 Å². The van der Waals surface area contributed by atoms with Crippen molar-refractivity contribution in [1.29, 1.82) is 5.41 Å². The van der Waals surface area contributed by atoms with E-state index in [1.165, 1.54) is 0 Å². The molecule has 0 aliphatic carbocycles. The molecule has 2 rings (SSSR count). The molecule has 0 saturated carbocycles. The average Bonchev–Trinajstić information content (AvgIpc) is 2.57. The van der Waals surface area contributed by atoms with E-state index in [4.69, 9.17) is 11.1 Å². The number of nitrogen functional groups attached to an aromatic ring is 1. The molecule has 0 aliphatic heterocycles. The zero-order valence-corrected chi connectivity index (χ0v) is 10.0. The van der Waals surface area contributed by atoms with E-state index in [2.05, 4.69) is 15.1 Å². The van der Waals surface area contributed by atoms with Crippen LogP contribution in [0.15, 0.2) is 12.1 Å². The number of nitrogens with two attached hydrogens (primary N) is 1. The molecule has 6 heteroatoms. The van der Waals surface area contributed by atoms with Gasteiger partial charge in [-0.2, -0.15) is 4.68 Å². The third kappa shape index (κ3) is 2.01. The topological polar surface area (TPSA) is 93.5 Å². The fourth-order valence-electron chi connectivity index (χ4n) is 1.64. The van der Waals surface area contributed by atoms with Crippen molar-refractivity contribution in [1.82, 2.24) is 19.7 Å². The van der Waals surface area contributed by atoms with Crippen LogP contribution in [-0.2, 0) is 0 Å². The largest absolute Gasteiger partial charge is 0.384 e. The predicted molar refractivity (Wildman–Crippen MR) is 64.4 cm³/mol. The Morgan fingerprint density at radius 2 is 1.94 bits per heavy atom. The van der Waals surface area contributed by atoms with E-state index >= 15 is 0 Å². The van der Waals surface area contributed by atoms with Gasteiger partial charge in [0.05, 0.1) is 5.56 Å². The standard InChI is InChI=1S/C11H14N6/c1-6-4-5-9(10(12)13)11(14-6)17-8(3)15-7(2)16-17/h4-5H,1-3H3,(H3,12,13). The van der Waals surface area contributed by atoms with Gasteiger partial charge in [-0.25, -0.2) is 9.97 Å². The quantitative estimate of drug-likeness (QED) is 0.591. The zero-order chi connectivity index (χ0) is 12.6. The van der Waals surface area contributed by atoms with Gasteiger partial charge in [0.25, 0.3) is 0 Å². The lowest BCUT2D eigenvalue weighted by atomic mass is 10.2. The van der Waals surface area contributed by atoms with Gasteiger partial charge in [-0.1, -0.05) is 0 Å². The number of hydrogen-bond acceptors (Lipinski definition) is 4. The van der Waals surface area contributed by atoms with Crippen LogP contribution in [0.3, 0.4) is 0 Å². The molecule has 2 aromatic rings. The Labute approximate surface area is 99.0 Å². The first-order valence-corrected chi connectivity index (χ1v) is 5.21. The van der Waals surface area contributed by atoms with Crippen molar-refractivity contribution >= 4 is 5.84 Å². The van der Waals surface area contributed by atoms with Crippen molar-refractivity contribution in [3.63, 3.8) is 0 Å². The van der Waals surface area contributed by atoms with Crippen LogP contribution >= 0.6 is 0 Å². The molecule has 0 amide bonds. The monoisotopic (exact) mass is 230 g/mol. The first-order chi connectivity index (χ1) is 7.99. The molecule has 2 aromatic heterocycles. The highest BCUT2D eigenvalue weighted by Gasteiger charge is 2.13. The third-order valence-corrected chi connectivity index (χ3v) is 2.38. The van der Waals surface area contributed by atoms with Crippen molar-refractivity contribution in [3.8, 4) is 5.82 Å². The number of rotatable bonds is 2. The average molecular weight is 230 g/mol. The first kappa shape index (κ1) is 11.3. The number of amidine groups is 1. The van der Waals surface area contributed by atoms with Crippen LogP contribution < -0.4 is 5.73 Å². The van der Waals surface area contributed by atoms with Crippen LogP contribution in [0.5, 0.6) is 0 Å². The number of nitrogens with one attached hydrogen (secondary N) is 1. The third-order valence-electron chi connectivity index (χ3n) is 2.38. The van der Waals surface area contributed by atoms with E-state index in [0.29, 0.717) is 17.2 Å². The maximum absolute atomic E-state index is 7.55. The van der Waals surface area contributed by atoms with Crippen molar-refractivity contribution in [3.05, 3.63) is 35.0 Å². The van der Waals surface area contributed by atoms with Crippen LogP contribution in [-0.4, -0.2) is 25.6 Å². The second kappa shape index (κ2) is 3.97. The van der Waals surface area contributed by atoms with E-state index in [-0.39, 0.29) is 5.84 Å². The van der Waals surface area contributed by atoms with Gasteiger partial charge >= 0.3 is 0 Å². The van der Waals surface area contributed by atoms with Gasteiger partial charge in [0.15, 0.2) is 5.82 Å². The predicted octanol–water partition coefficient (Wildman–Crippen LogP) is 0.872. The first-order valence-electron chi connectivity index (χ1n) is 5.21. The molecule has 0 aromatic carbocycles. The minimum atomic E-state index is -0.0277. The molecule has 88 valence electrons. The summed E-state index contributed by atoms with van der Waals surface area (Å²) in [6.45, 7) is 5.53. The summed E-state index contributed by atoms with van der Waals surface area (Å²) in [6.07, 6.45) is 0. The molecule has 0 radical (unpaired) electrons. The van der Waals surface area contributed by atoms with Crippen molar-refractivity contribution in [2.45, 2.75) is 20.8 Å². The number of nitrogens with zero attached hydrogens (tertiary/aromatic N) is 4. The molecule has 0 atom stereocenters. The maximum Gasteiger partial charge on any atom is 0.166 e. The molecule has 0 aliphatic rings. The second-order valence-electron chi connectivity index (χ2n) is 3.86. The lowest BCUT2D eigenvalue weighted by molar-refractivity contribution is 0.796. The number of aromatic nitrogens is 4. The number of pyridine rings is 1. The van der Waals surface area contributed by atoms with Gasteiger partial charge in [-0.3, -0.25) is 5.41 Å². The summed E-state index contributed by atoms with van der Waals surface area (Å²) in [5, 5.41) is 11.8.